The van der Waals surface area contributed by atoms with Gasteiger partial charge in [0.15, 0.2) is 17.3 Å². The van der Waals surface area contributed by atoms with E-state index in [0.29, 0.717) is 17.1 Å². The number of ketones is 1. The van der Waals surface area contributed by atoms with Crippen LogP contribution in [0.3, 0.4) is 0 Å². The third kappa shape index (κ3) is 3.02. The van der Waals surface area contributed by atoms with Crippen LogP contribution >= 0.6 is 15.9 Å². The molecule has 0 aliphatic carbocycles. The first-order chi connectivity index (χ1) is 9.67. The first-order valence-corrected chi connectivity index (χ1v) is 7.04. The first kappa shape index (κ1) is 14.6. The Morgan fingerprint density at radius 1 is 1.00 bits per heavy atom. The number of benzene rings is 2. The Labute approximate surface area is 126 Å². The predicted molar refractivity (Wildman–Crippen MR) is 82.0 cm³/mol. The molecule has 104 valence electrons. The van der Waals surface area contributed by atoms with E-state index in [1.165, 1.54) is 0 Å². The smallest absolute Gasteiger partial charge is 0.181 e. The average Bonchev–Trinajstić information content (AvgIpc) is 2.53. The zero-order valence-electron chi connectivity index (χ0n) is 11.3. The molecule has 0 aliphatic rings. The molecule has 0 fully saturated rings. The zero-order chi connectivity index (χ0) is 14.5. The first-order valence-electron chi connectivity index (χ1n) is 6.12. The molecule has 2 aromatic carbocycles. The molecule has 0 aromatic heterocycles. The summed E-state index contributed by atoms with van der Waals surface area (Å²) in [4.78, 5) is 12.1. The highest BCUT2D eigenvalue weighted by Gasteiger charge is 2.20. The van der Waals surface area contributed by atoms with E-state index in [1.807, 2.05) is 30.3 Å². The van der Waals surface area contributed by atoms with Crippen LogP contribution in [-0.4, -0.2) is 20.0 Å². The summed E-state index contributed by atoms with van der Waals surface area (Å²) >= 11 is 3.45. The van der Waals surface area contributed by atoms with Crippen molar-refractivity contribution in [2.45, 2.75) is 4.83 Å². The maximum atomic E-state index is 12.5. The normalized spacial score (nSPS) is 11.8. The number of hydrogen-bond donors (Lipinski definition) is 0. The minimum atomic E-state index is -0.373. The van der Waals surface area contributed by atoms with Crippen LogP contribution in [0.4, 0.5) is 0 Å². The highest BCUT2D eigenvalue weighted by atomic mass is 79.9. The fourth-order valence-electron chi connectivity index (χ4n) is 1.91. The molecule has 0 unspecified atom stereocenters. The summed E-state index contributed by atoms with van der Waals surface area (Å²) < 4.78 is 10.4. The largest absolute Gasteiger partial charge is 0.493 e. The van der Waals surface area contributed by atoms with Gasteiger partial charge < -0.3 is 9.47 Å². The number of methoxy groups -OCH3 is 2. The summed E-state index contributed by atoms with van der Waals surface area (Å²) in [6.45, 7) is 0. The third-order valence-electron chi connectivity index (χ3n) is 2.99. The number of ether oxygens (including phenoxy) is 2. The van der Waals surface area contributed by atoms with Crippen molar-refractivity contribution >= 4 is 21.7 Å². The second kappa shape index (κ2) is 6.57. The van der Waals surface area contributed by atoms with E-state index in [9.17, 15) is 4.79 Å². The van der Waals surface area contributed by atoms with E-state index >= 15 is 0 Å². The topological polar surface area (TPSA) is 35.5 Å². The van der Waals surface area contributed by atoms with Gasteiger partial charge in [-0.15, -0.1) is 0 Å². The van der Waals surface area contributed by atoms with Crippen LogP contribution in [0.25, 0.3) is 0 Å². The standard InChI is InChI=1S/C16H15BrO3/c1-19-13-9-8-12(10-14(13)20-2)16(18)15(17)11-6-4-3-5-7-11/h3-10,15H,1-2H3/t15-/m0/s1. The van der Waals surface area contributed by atoms with Gasteiger partial charge >= 0.3 is 0 Å². The molecule has 0 aliphatic heterocycles. The van der Waals surface area contributed by atoms with Gasteiger partial charge in [-0.25, -0.2) is 0 Å². The second-order valence-corrected chi connectivity index (χ2v) is 5.12. The minimum Gasteiger partial charge on any atom is -0.493 e. The van der Waals surface area contributed by atoms with Gasteiger partial charge in [-0.2, -0.15) is 0 Å². The van der Waals surface area contributed by atoms with Gasteiger partial charge in [-0.1, -0.05) is 46.3 Å². The number of carbonyl (C=O) groups is 1. The van der Waals surface area contributed by atoms with Gasteiger partial charge in [-0.3, -0.25) is 4.79 Å². The Balaban J connectivity index is 2.29. The molecule has 2 rings (SSSR count). The zero-order valence-corrected chi connectivity index (χ0v) is 12.9. The Morgan fingerprint density at radius 2 is 1.65 bits per heavy atom. The van der Waals surface area contributed by atoms with Gasteiger partial charge in [-0.05, 0) is 23.8 Å². The van der Waals surface area contributed by atoms with Crippen molar-refractivity contribution in [3.63, 3.8) is 0 Å². The number of alkyl halides is 1. The maximum Gasteiger partial charge on any atom is 0.181 e. The van der Waals surface area contributed by atoms with Gasteiger partial charge in [0.25, 0.3) is 0 Å². The number of halogens is 1. The monoisotopic (exact) mass is 334 g/mol. The molecule has 0 amide bonds. The second-order valence-electron chi connectivity index (χ2n) is 4.21. The Kier molecular flexibility index (Phi) is 4.79. The van der Waals surface area contributed by atoms with Crippen molar-refractivity contribution < 1.29 is 14.3 Å². The lowest BCUT2D eigenvalue weighted by Crippen LogP contribution is -2.07. The molecule has 0 spiro atoms. The van der Waals surface area contributed by atoms with Crippen LogP contribution in [0.2, 0.25) is 0 Å². The summed E-state index contributed by atoms with van der Waals surface area (Å²) in [6, 6.07) is 14.7. The molecule has 4 heteroatoms. The highest BCUT2D eigenvalue weighted by Crippen LogP contribution is 2.32. The van der Waals surface area contributed by atoms with Gasteiger partial charge in [0.1, 0.15) is 4.83 Å². The van der Waals surface area contributed by atoms with E-state index in [-0.39, 0.29) is 10.6 Å². The summed E-state index contributed by atoms with van der Waals surface area (Å²) in [5.74, 6) is 1.14. The molecule has 0 N–H and O–H groups in total. The Hall–Kier alpha value is -1.81. The van der Waals surface area contributed by atoms with Gasteiger partial charge in [0.05, 0.1) is 14.2 Å². The fraction of sp³-hybridized carbons (Fsp3) is 0.188. The van der Waals surface area contributed by atoms with Crippen LogP contribution in [-0.2, 0) is 0 Å². The van der Waals surface area contributed by atoms with Crippen molar-refractivity contribution in [3.8, 4) is 11.5 Å². The maximum absolute atomic E-state index is 12.5. The lowest BCUT2D eigenvalue weighted by molar-refractivity contribution is 0.0991. The predicted octanol–water partition coefficient (Wildman–Crippen LogP) is 4.02. The molecular weight excluding hydrogens is 320 g/mol. The van der Waals surface area contributed by atoms with E-state index in [2.05, 4.69) is 15.9 Å². The van der Waals surface area contributed by atoms with Gasteiger partial charge in [0.2, 0.25) is 0 Å². The highest BCUT2D eigenvalue weighted by molar-refractivity contribution is 9.09. The van der Waals surface area contributed by atoms with Crippen LogP contribution in [0.15, 0.2) is 48.5 Å². The SMILES string of the molecule is COc1ccc(C(=O)[C@@H](Br)c2ccccc2)cc1OC. The molecule has 0 saturated heterocycles. The quantitative estimate of drug-likeness (QED) is 0.611. The molecule has 3 nitrogen and oxygen atoms in total. The van der Waals surface area contributed by atoms with E-state index in [4.69, 9.17) is 9.47 Å². The van der Waals surface area contributed by atoms with Crippen molar-refractivity contribution in [3.05, 3.63) is 59.7 Å². The third-order valence-corrected chi connectivity index (χ3v) is 3.93. The number of Topliss-reactive ketones (excluding diaryl/α,β-unsaturated/α-hetero) is 1. The Morgan fingerprint density at radius 3 is 2.25 bits per heavy atom. The van der Waals surface area contributed by atoms with Crippen LogP contribution in [0, 0.1) is 0 Å². The average molecular weight is 335 g/mol. The summed E-state index contributed by atoms with van der Waals surface area (Å²) in [5.41, 5.74) is 1.50. The molecule has 0 radical (unpaired) electrons. The van der Waals surface area contributed by atoms with Crippen molar-refractivity contribution in [2.75, 3.05) is 14.2 Å². The molecule has 2 aromatic rings. The summed E-state index contributed by atoms with van der Waals surface area (Å²) in [6.07, 6.45) is 0. The van der Waals surface area contributed by atoms with E-state index < -0.39 is 0 Å². The molecule has 0 bridgehead atoms. The molecular formula is C16H15BrO3. The van der Waals surface area contributed by atoms with Crippen LogP contribution in [0.5, 0.6) is 11.5 Å². The van der Waals surface area contributed by atoms with E-state index in [0.717, 1.165) is 5.56 Å². The summed E-state index contributed by atoms with van der Waals surface area (Å²) in [5, 5.41) is 0. The molecule has 0 heterocycles. The minimum absolute atomic E-state index is 0.0165. The van der Waals surface area contributed by atoms with Crippen molar-refractivity contribution in [2.24, 2.45) is 0 Å². The van der Waals surface area contributed by atoms with E-state index in [1.54, 1.807) is 32.4 Å². The molecule has 20 heavy (non-hydrogen) atoms. The Bertz CT molecular complexity index is 596. The van der Waals surface area contributed by atoms with Crippen LogP contribution in [0.1, 0.15) is 20.7 Å². The lowest BCUT2D eigenvalue weighted by atomic mass is 10.0. The number of hydrogen-bond acceptors (Lipinski definition) is 3. The number of rotatable bonds is 5. The fourth-order valence-corrected chi connectivity index (χ4v) is 2.48. The van der Waals surface area contributed by atoms with Crippen molar-refractivity contribution in [1.29, 1.82) is 0 Å². The lowest BCUT2D eigenvalue weighted by Gasteiger charge is -2.12. The summed E-state index contributed by atoms with van der Waals surface area (Å²) in [7, 11) is 3.12. The van der Waals surface area contributed by atoms with Crippen LogP contribution < -0.4 is 9.47 Å². The number of carbonyl (C=O) groups excluding carboxylic acids is 1. The van der Waals surface area contributed by atoms with Crippen molar-refractivity contribution in [1.82, 2.24) is 0 Å². The molecule has 1 atom stereocenters. The molecule has 0 saturated carbocycles. The van der Waals surface area contributed by atoms with Gasteiger partial charge in [0, 0.05) is 5.56 Å².